The molecule has 3 N–H and O–H groups in total. The van der Waals surface area contributed by atoms with E-state index < -0.39 is 12.0 Å². The fourth-order valence-corrected chi connectivity index (χ4v) is 3.67. The van der Waals surface area contributed by atoms with Gasteiger partial charge in [0.2, 0.25) is 0 Å². The Morgan fingerprint density at radius 1 is 1.35 bits per heavy atom. The third-order valence-corrected chi connectivity index (χ3v) is 5.09. The fraction of sp³-hybridized carbons (Fsp3) is 0.529. The fourth-order valence-electron chi connectivity index (χ4n) is 3.34. The Balaban J connectivity index is 1.79. The van der Waals surface area contributed by atoms with Gasteiger partial charge in [-0.15, -0.1) is 0 Å². The van der Waals surface area contributed by atoms with Crippen LogP contribution in [0.1, 0.15) is 32.6 Å². The van der Waals surface area contributed by atoms with Crippen LogP contribution in [0.25, 0.3) is 0 Å². The van der Waals surface area contributed by atoms with Crippen LogP contribution in [0, 0.1) is 5.92 Å². The van der Waals surface area contributed by atoms with E-state index in [4.69, 9.17) is 22.7 Å². The molecule has 23 heavy (non-hydrogen) atoms. The lowest BCUT2D eigenvalue weighted by atomic mass is 9.86. The number of hydrogen-bond donors (Lipinski definition) is 2. The molecular weight excluding hydrogens is 310 g/mol. The average Bonchev–Trinajstić information content (AvgIpc) is 2.55. The molecule has 124 valence electrons. The molecule has 5 nitrogen and oxygen atoms in total. The van der Waals surface area contributed by atoms with Gasteiger partial charge in [-0.2, -0.15) is 0 Å². The first-order chi connectivity index (χ1) is 11.1. The molecule has 0 spiro atoms. The van der Waals surface area contributed by atoms with Crippen molar-refractivity contribution in [3.8, 4) is 5.75 Å². The van der Waals surface area contributed by atoms with Crippen LogP contribution in [0.2, 0.25) is 0 Å². The minimum atomic E-state index is -0.687. The van der Waals surface area contributed by atoms with Crippen LogP contribution in [0.15, 0.2) is 24.3 Å². The van der Waals surface area contributed by atoms with Crippen molar-refractivity contribution >= 4 is 28.9 Å². The zero-order valence-electron chi connectivity index (χ0n) is 13.3. The topological polar surface area (TPSA) is 67.6 Å². The van der Waals surface area contributed by atoms with Gasteiger partial charge in [-0.1, -0.05) is 31.9 Å². The number of para-hydroxylation sites is 2. The van der Waals surface area contributed by atoms with E-state index in [1.54, 1.807) is 0 Å². The van der Waals surface area contributed by atoms with Gasteiger partial charge >= 0.3 is 0 Å². The molecule has 1 aromatic rings. The first kappa shape index (κ1) is 16.1. The molecule has 1 fully saturated rings. The van der Waals surface area contributed by atoms with E-state index in [9.17, 15) is 4.79 Å². The van der Waals surface area contributed by atoms with Gasteiger partial charge in [0.05, 0.1) is 12.2 Å². The third-order valence-electron chi connectivity index (χ3n) is 4.76. The van der Waals surface area contributed by atoms with Gasteiger partial charge in [-0.3, -0.25) is 4.79 Å². The maximum absolute atomic E-state index is 11.6. The second-order valence-electron chi connectivity index (χ2n) is 6.40. The standard InChI is InChI=1S/C17H23N3O2S/c1-11-6-2-3-7-12(11)19-17(23)20-10-15(16(18)21)22-14-9-5-4-8-13(14)20/h4-5,8-9,11-12,15H,2-3,6-7,10H2,1H3,(H2,18,21)(H,19,23)/t11-,12-,15+/m0/s1. The number of fused-ring (bicyclic) bond motifs is 1. The molecule has 0 radical (unpaired) electrons. The summed E-state index contributed by atoms with van der Waals surface area (Å²) < 4.78 is 5.68. The van der Waals surface area contributed by atoms with Crippen molar-refractivity contribution in [1.82, 2.24) is 5.32 Å². The molecule has 6 heteroatoms. The summed E-state index contributed by atoms with van der Waals surface area (Å²) in [5.74, 6) is 0.770. The quantitative estimate of drug-likeness (QED) is 0.812. The van der Waals surface area contributed by atoms with E-state index >= 15 is 0 Å². The van der Waals surface area contributed by atoms with Crippen molar-refractivity contribution in [1.29, 1.82) is 0 Å². The van der Waals surface area contributed by atoms with E-state index in [2.05, 4.69) is 12.2 Å². The Labute approximate surface area is 142 Å². The number of anilines is 1. The number of ether oxygens (including phenoxy) is 1. The molecule has 2 aliphatic rings. The highest BCUT2D eigenvalue weighted by Gasteiger charge is 2.32. The second kappa shape index (κ2) is 6.74. The Kier molecular flexibility index (Phi) is 4.71. The minimum Gasteiger partial charge on any atom is -0.477 e. The first-order valence-electron chi connectivity index (χ1n) is 8.19. The molecule has 0 aromatic heterocycles. The number of thiocarbonyl (C=S) groups is 1. The predicted octanol–water partition coefficient (Wildman–Crippen LogP) is 2.19. The number of carbonyl (C=O) groups excluding carboxylic acids is 1. The zero-order valence-corrected chi connectivity index (χ0v) is 14.1. The maximum Gasteiger partial charge on any atom is 0.260 e. The number of benzene rings is 1. The number of amides is 1. The van der Waals surface area contributed by atoms with Crippen LogP contribution in [-0.4, -0.2) is 29.7 Å². The van der Waals surface area contributed by atoms with Crippen LogP contribution in [0.3, 0.4) is 0 Å². The summed E-state index contributed by atoms with van der Waals surface area (Å²) in [5, 5.41) is 4.13. The highest BCUT2D eigenvalue weighted by Crippen LogP contribution is 2.33. The molecule has 1 aliphatic carbocycles. The SMILES string of the molecule is C[C@H]1CCCC[C@@H]1NC(=S)N1C[C@H](C(N)=O)Oc2ccccc21. The number of nitrogens with one attached hydrogen (secondary N) is 1. The summed E-state index contributed by atoms with van der Waals surface area (Å²) in [5.41, 5.74) is 6.32. The zero-order chi connectivity index (χ0) is 16.4. The van der Waals surface area contributed by atoms with Crippen molar-refractivity contribution in [2.45, 2.75) is 44.8 Å². The molecular formula is C17H23N3O2S. The molecule has 1 saturated carbocycles. The van der Waals surface area contributed by atoms with E-state index in [1.165, 1.54) is 19.3 Å². The van der Waals surface area contributed by atoms with Crippen LogP contribution in [-0.2, 0) is 4.79 Å². The van der Waals surface area contributed by atoms with Crippen molar-refractivity contribution in [3.05, 3.63) is 24.3 Å². The van der Waals surface area contributed by atoms with Crippen LogP contribution >= 0.6 is 12.2 Å². The van der Waals surface area contributed by atoms with E-state index in [-0.39, 0.29) is 0 Å². The van der Waals surface area contributed by atoms with Crippen LogP contribution in [0.4, 0.5) is 5.69 Å². The Bertz CT molecular complexity index is 607. The second-order valence-corrected chi connectivity index (χ2v) is 6.79. The molecule has 0 unspecified atom stereocenters. The molecule has 1 aromatic carbocycles. The average molecular weight is 333 g/mol. The summed E-state index contributed by atoms with van der Waals surface area (Å²) in [6.07, 6.45) is 4.19. The molecule has 3 atom stereocenters. The molecule has 1 heterocycles. The highest BCUT2D eigenvalue weighted by molar-refractivity contribution is 7.80. The summed E-state index contributed by atoms with van der Waals surface area (Å²) in [4.78, 5) is 13.5. The molecule has 1 amide bonds. The largest absolute Gasteiger partial charge is 0.477 e. The summed E-state index contributed by atoms with van der Waals surface area (Å²) in [7, 11) is 0. The van der Waals surface area contributed by atoms with Gasteiger partial charge < -0.3 is 20.7 Å². The Hall–Kier alpha value is -1.82. The lowest BCUT2D eigenvalue weighted by Gasteiger charge is -2.38. The predicted molar refractivity (Wildman–Crippen MR) is 94.6 cm³/mol. The third kappa shape index (κ3) is 3.42. The Morgan fingerprint density at radius 2 is 2.09 bits per heavy atom. The van der Waals surface area contributed by atoms with Gasteiger partial charge in [-0.25, -0.2) is 0 Å². The smallest absolute Gasteiger partial charge is 0.260 e. The minimum absolute atomic E-state index is 0.347. The van der Waals surface area contributed by atoms with Crippen LogP contribution in [0.5, 0.6) is 5.75 Å². The van der Waals surface area contributed by atoms with Gasteiger partial charge in [0.25, 0.3) is 5.91 Å². The highest BCUT2D eigenvalue weighted by atomic mass is 32.1. The number of primary amides is 1. The molecule has 3 rings (SSSR count). The number of nitrogens with two attached hydrogens (primary N) is 1. The normalized spacial score (nSPS) is 26.8. The maximum atomic E-state index is 11.6. The van der Waals surface area contributed by atoms with E-state index in [0.717, 1.165) is 12.1 Å². The van der Waals surface area contributed by atoms with Gasteiger partial charge in [-0.05, 0) is 43.1 Å². The summed E-state index contributed by atoms with van der Waals surface area (Å²) in [6, 6.07) is 7.98. The van der Waals surface area contributed by atoms with Crippen molar-refractivity contribution < 1.29 is 9.53 Å². The number of rotatable bonds is 2. The summed E-state index contributed by atoms with van der Waals surface area (Å²) in [6.45, 7) is 2.61. The van der Waals surface area contributed by atoms with Crippen molar-refractivity contribution in [3.63, 3.8) is 0 Å². The lowest BCUT2D eigenvalue weighted by Crippen LogP contribution is -2.54. The number of hydrogen-bond acceptors (Lipinski definition) is 3. The molecule has 0 bridgehead atoms. The molecule has 1 aliphatic heterocycles. The molecule has 0 saturated heterocycles. The van der Waals surface area contributed by atoms with Gasteiger partial charge in [0.1, 0.15) is 5.75 Å². The van der Waals surface area contributed by atoms with Gasteiger partial charge in [0.15, 0.2) is 11.2 Å². The van der Waals surface area contributed by atoms with Crippen molar-refractivity contribution in [2.24, 2.45) is 11.7 Å². The van der Waals surface area contributed by atoms with E-state index in [0.29, 0.717) is 29.4 Å². The number of carbonyl (C=O) groups is 1. The number of nitrogens with zero attached hydrogens (tertiary/aromatic N) is 1. The summed E-state index contributed by atoms with van der Waals surface area (Å²) >= 11 is 5.63. The van der Waals surface area contributed by atoms with E-state index in [1.807, 2.05) is 29.2 Å². The first-order valence-corrected chi connectivity index (χ1v) is 8.60. The Morgan fingerprint density at radius 3 is 2.83 bits per heavy atom. The lowest BCUT2D eigenvalue weighted by molar-refractivity contribution is -0.124. The van der Waals surface area contributed by atoms with Gasteiger partial charge in [0, 0.05) is 6.04 Å². The van der Waals surface area contributed by atoms with Crippen molar-refractivity contribution in [2.75, 3.05) is 11.4 Å². The van der Waals surface area contributed by atoms with Crippen LogP contribution < -0.4 is 20.7 Å². The monoisotopic (exact) mass is 333 g/mol.